The van der Waals surface area contributed by atoms with Crippen LogP contribution >= 0.6 is 11.6 Å². The summed E-state index contributed by atoms with van der Waals surface area (Å²) in [5.41, 5.74) is 8.20. The molecule has 4 heteroatoms. The Morgan fingerprint density at radius 3 is 2.85 bits per heavy atom. The number of hydrogen-bond acceptors (Lipinski definition) is 3. The van der Waals surface area contributed by atoms with Crippen molar-refractivity contribution in [2.24, 2.45) is 5.73 Å². The molecule has 1 aliphatic rings. The largest absolute Gasteiger partial charge is 0.329 e. The number of fused-ring (bicyclic) bond motifs is 1. The lowest BCUT2D eigenvalue weighted by atomic mass is 9.89. The number of hydrogen-bond donors (Lipinski definition) is 1. The summed E-state index contributed by atoms with van der Waals surface area (Å²) in [6.07, 6.45) is 5.68. The molecule has 1 fully saturated rings. The van der Waals surface area contributed by atoms with E-state index in [-0.39, 0.29) is 6.04 Å². The zero-order valence-electron chi connectivity index (χ0n) is 11.7. The maximum absolute atomic E-state index is 6.27. The maximum Gasteiger partial charge on any atom is 0.0765 e. The third-order valence-corrected chi connectivity index (χ3v) is 4.80. The Labute approximate surface area is 124 Å². The minimum Gasteiger partial charge on any atom is -0.329 e. The fourth-order valence-electron chi connectivity index (χ4n) is 2.99. The lowest BCUT2D eigenvalue weighted by molar-refractivity contribution is 0.114. The molecule has 1 heterocycles. The molecular formula is C16H20ClN3. The minimum absolute atomic E-state index is 0.204. The minimum atomic E-state index is 0.204. The number of likely N-dealkylation sites (N-methyl/N-ethyl adjacent to an activating group) is 1. The van der Waals surface area contributed by atoms with Crippen molar-refractivity contribution < 1.29 is 0 Å². The molecule has 0 spiro atoms. The van der Waals surface area contributed by atoms with E-state index in [4.69, 9.17) is 17.3 Å². The fraction of sp³-hybridized carbons (Fsp3) is 0.438. The lowest BCUT2D eigenvalue weighted by Crippen LogP contribution is -2.42. The molecule has 0 saturated heterocycles. The van der Waals surface area contributed by atoms with Crippen molar-refractivity contribution in [2.45, 2.75) is 31.3 Å². The van der Waals surface area contributed by atoms with Gasteiger partial charge in [-0.05, 0) is 43.7 Å². The molecule has 0 bridgehead atoms. The van der Waals surface area contributed by atoms with E-state index in [1.165, 1.54) is 24.8 Å². The SMILES string of the molecule is CN(C1CCC1)C(CN)c1ccc(Cl)c2cccnc12. The number of rotatable bonds is 4. The van der Waals surface area contributed by atoms with E-state index in [2.05, 4.69) is 23.0 Å². The van der Waals surface area contributed by atoms with Gasteiger partial charge >= 0.3 is 0 Å². The van der Waals surface area contributed by atoms with Gasteiger partial charge in [0.1, 0.15) is 0 Å². The van der Waals surface area contributed by atoms with Crippen LogP contribution in [0.15, 0.2) is 30.5 Å². The van der Waals surface area contributed by atoms with Gasteiger partial charge in [0.2, 0.25) is 0 Å². The summed E-state index contributed by atoms with van der Waals surface area (Å²) in [5, 5.41) is 1.76. The standard InChI is InChI=1S/C16H20ClN3/c1-20(11-4-2-5-11)15(10-18)13-7-8-14(17)12-6-3-9-19-16(12)13/h3,6-9,11,15H,2,4-5,10,18H2,1H3. The molecule has 1 aliphatic carbocycles. The first-order valence-electron chi connectivity index (χ1n) is 7.17. The Morgan fingerprint density at radius 2 is 2.20 bits per heavy atom. The highest BCUT2D eigenvalue weighted by atomic mass is 35.5. The quantitative estimate of drug-likeness (QED) is 0.938. The van der Waals surface area contributed by atoms with E-state index < -0.39 is 0 Å². The number of halogens is 1. The van der Waals surface area contributed by atoms with Crippen molar-refractivity contribution in [1.29, 1.82) is 0 Å². The van der Waals surface area contributed by atoms with E-state index in [0.717, 1.165) is 15.9 Å². The fourth-order valence-corrected chi connectivity index (χ4v) is 3.21. The molecule has 1 aromatic heterocycles. The number of aromatic nitrogens is 1. The van der Waals surface area contributed by atoms with Gasteiger partial charge in [0.25, 0.3) is 0 Å². The zero-order valence-corrected chi connectivity index (χ0v) is 12.5. The third kappa shape index (κ3) is 2.30. The van der Waals surface area contributed by atoms with Crippen LogP contribution in [-0.2, 0) is 0 Å². The van der Waals surface area contributed by atoms with Crippen LogP contribution in [0.25, 0.3) is 10.9 Å². The molecule has 20 heavy (non-hydrogen) atoms. The molecule has 1 unspecified atom stereocenters. The summed E-state index contributed by atoms with van der Waals surface area (Å²) < 4.78 is 0. The lowest BCUT2D eigenvalue weighted by Gasteiger charge is -2.40. The average Bonchev–Trinajstić information content (AvgIpc) is 2.40. The van der Waals surface area contributed by atoms with Crippen LogP contribution in [0.4, 0.5) is 0 Å². The van der Waals surface area contributed by atoms with Crippen molar-refractivity contribution in [1.82, 2.24) is 9.88 Å². The van der Waals surface area contributed by atoms with Crippen LogP contribution in [0.1, 0.15) is 30.9 Å². The van der Waals surface area contributed by atoms with Crippen molar-refractivity contribution >= 4 is 22.5 Å². The van der Waals surface area contributed by atoms with Crippen LogP contribution in [0.2, 0.25) is 5.02 Å². The summed E-state index contributed by atoms with van der Waals surface area (Å²) >= 11 is 6.27. The summed E-state index contributed by atoms with van der Waals surface area (Å²) in [6.45, 7) is 0.598. The van der Waals surface area contributed by atoms with Crippen molar-refractivity contribution in [3.63, 3.8) is 0 Å². The number of nitrogens with zero attached hydrogens (tertiary/aromatic N) is 2. The Morgan fingerprint density at radius 1 is 1.40 bits per heavy atom. The summed E-state index contributed by atoms with van der Waals surface area (Å²) in [7, 11) is 2.17. The smallest absolute Gasteiger partial charge is 0.0765 e. The molecule has 3 rings (SSSR count). The first kappa shape index (κ1) is 13.8. The van der Waals surface area contributed by atoms with E-state index >= 15 is 0 Å². The first-order valence-corrected chi connectivity index (χ1v) is 7.55. The van der Waals surface area contributed by atoms with Gasteiger partial charge in [-0.2, -0.15) is 0 Å². The number of nitrogens with two attached hydrogens (primary N) is 1. The zero-order chi connectivity index (χ0) is 14.1. The number of pyridine rings is 1. The second-order valence-electron chi connectivity index (χ2n) is 5.54. The molecule has 0 radical (unpaired) electrons. The van der Waals surface area contributed by atoms with Gasteiger partial charge in [0.15, 0.2) is 0 Å². The average molecular weight is 290 g/mol. The first-order chi connectivity index (χ1) is 9.72. The van der Waals surface area contributed by atoms with Crippen molar-refractivity contribution in [3.05, 3.63) is 41.0 Å². The van der Waals surface area contributed by atoms with E-state index in [0.29, 0.717) is 12.6 Å². The van der Waals surface area contributed by atoms with Gasteiger partial charge in [-0.3, -0.25) is 9.88 Å². The van der Waals surface area contributed by atoms with Gasteiger partial charge in [0, 0.05) is 35.2 Å². The van der Waals surface area contributed by atoms with Crippen molar-refractivity contribution in [2.75, 3.05) is 13.6 Å². The van der Waals surface area contributed by atoms with Crippen molar-refractivity contribution in [3.8, 4) is 0 Å². The maximum atomic E-state index is 6.27. The Bertz CT molecular complexity index is 610. The van der Waals surface area contributed by atoms with Crippen LogP contribution in [0.5, 0.6) is 0 Å². The Kier molecular flexibility index (Phi) is 3.92. The molecule has 1 atom stereocenters. The monoisotopic (exact) mass is 289 g/mol. The molecule has 0 aliphatic heterocycles. The van der Waals surface area contributed by atoms with Gasteiger partial charge in [-0.15, -0.1) is 0 Å². The van der Waals surface area contributed by atoms with Crippen LogP contribution in [0.3, 0.4) is 0 Å². The molecule has 1 aromatic carbocycles. The normalized spacial score (nSPS) is 17.4. The predicted molar refractivity (Wildman–Crippen MR) is 84.0 cm³/mol. The molecule has 2 aromatic rings. The van der Waals surface area contributed by atoms with Gasteiger partial charge < -0.3 is 5.73 Å². The summed E-state index contributed by atoms with van der Waals surface area (Å²) in [6, 6.07) is 8.83. The molecular weight excluding hydrogens is 270 g/mol. The Balaban J connectivity index is 2.05. The predicted octanol–water partition coefficient (Wildman–Crippen LogP) is 3.37. The highest BCUT2D eigenvalue weighted by molar-refractivity contribution is 6.35. The van der Waals surface area contributed by atoms with Gasteiger partial charge in [0.05, 0.1) is 5.52 Å². The second kappa shape index (κ2) is 5.68. The highest BCUT2D eigenvalue weighted by Crippen LogP contribution is 2.34. The molecule has 2 N–H and O–H groups in total. The number of benzene rings is 1. The molecule has 0 amide bonds. The second-order valence-corrected chi connectivity index (χ2v) is 5.95. The van der Waals surface area contributed by atoms with E-state index in [1.54, 1.807) is 0 Å². The highest BCUT2D eigenvalue weighted by Gasteiger charge is 2.28. The van der Waals surface area contributed by atoms with Gasteiger partial charge in [-0.1, -0.05) is 24.1 Å². The molecule has 106 valence electrons. The van der Waals surface area contributed by atoms with Crippen LogP contribution in [0, 0.1) is 0 Å². The molecule has 1 saturated carbocycles. The van der Waals surface area contributed by atoms with Gasteiger partial charge in [-0.25, -0.2) is 0 Å². The summed E-state index contributed by atoms with van der Waals surface area (Å²) in [4.78, 5) is 6.93. The summed E-state index contributed by atoms with van der Waals surface area (Å²) in [5.74, 6) is 0. The Hall–Kier alpha value is -1.16. The van der Waals surface area contributed by atoms with Crippen LogP contribution in [-0.4, -0.2) is 29.5 Å². The van der Waals surface area contributed by atoms with E-state index in [9.17, 15) is 0 Å². The van der Waals surface area contributed by atoms with E-state index in [1.807, 2.05) is 24.4 Å². The third-order valence-electron chi connectivity index (χ3n) is 4.47. The molecule has 3 nitrogen and oxygen atoms in total. The van der Waals surface area contributed by atoms with Crippen LogP contribution < -0.4 is 5.73 Å². The topological polar surface area (TPSA) is 42.1 Å².